The van der Waals surface area contributed by atoms with Gasteiger partial charge >= 0.3 is 0 Å². The maximum absolute atomic E-state index is 13.9. The zero-order valence-corrected chi connectivity index (χ0v) is 12.1. The second-order valence-corrected chi connectivity index (χ2v) is 4.33. The van der Waals surface area contributed by atoms with E-state index in [0.29, 0.717) is 13.1 Å². The van der Waals surface area contributed by atoms with Crippen molar-refractivity contribution in [1.29, 1.82) is 0 Å². The van der Waals surface area contributed by atoms with Crippen molar-refractivity contribution in [2.45, 2.75) is 12.1 Å². The average Bonchev–Trinajstić information content (AvgIpc) is 2.86. The van der Waals surface area contributed by atoms with Crippen LogP contribution in [0.25, 0.3) is 0 Å². The molecule has 1 aliphatic rings. The first-order valence-electron chi connectivity index (χ1n) is 6.04. The summed E-state index contributed by atoms with van der Waals surface area (Å²) >= 11 is 0. The highest BCUT2D eigenvalue weighted by Crippen LogP contribution is 2.20. The van der Waals surface area contributed by atoms with E-state index >= 15 is 0 Å². The molecule has 0 aromatic heterocycles. The average molecular weight is 305 g/mol. The minimum Gasteiger partial charge on any atom is -0.494 e. The van der Waals surface area contributed by atoms with Gasteiger partial charge in [-0.25, -0.2) is 4.39 Å². The van der Waals surface area contributed by atoms with Crippen LogP contribution in [-0.4, -0.2) is 45.4 Å². The minimum absolute atomic E-state index is 0. The first kappa shape index (κ1) is 16.7. The molecule has 1 aliphatic heterocycles. The molecule has 0 bridgehead atoms. The van der Waals surface area contributed by atoms with Crippen molar-refractivity contribution < 1.29 is 18.7 Å². The number of nitrogens with one attached hydrogen (secondary N) is 2. The van der Waals surface area contributed by atoms with Crippen molar-refractivity contribution in [2.24, 2.45) is 0 Å². The predicted octanol–water partition coefficient (Wildman–Crippen LogP) is 0.973. The predicted molar refractivity (Wildman–Crippen MR) is 75.1 cm³/mol. The maximum atomic E-state index is 13.9. The fraction of sp³-hybridized carbons (Fsp3) is 0.462. The monoisotopic (exact) mass is 304 g/mol. The molecule has 2 N–H and O–H groups in total. The summed E-state index contributed by atoms with van der Waals surface area (Å²) in [5.41, 5.74) is -0.0268. The van der Waals surface area contributed by atoms with Crippen molar-refractivity contribution in [3.8, 4) is 5.75 Å². The molecular weight excluding hydrogens is 287 g/mol. The molecule has 5 nitrogen and oxygen atoms in total. The molecule has 2 unspecified atom stereocenters. The Kier molecular flexibility index (Phi) is 6.19. The van der Waals surface area contributed by atoms with E-state index in [1.165, 1.54) is 19.2 Å². The fourth-order valence-corrected chi connectivity index (χ4v) is 2.14. The molecule has 0 aliphatic carbocycles. The molecule has 1 amide bonds. The largest absolute Gasteiger partial charge is 0.494 e. The molecule has 0 spiro atoms. The summed E-state index contributed by atoms with van der Waals surface area (Å²) in [4.78, 5) is 12.1. The van der Waals surface area contributed by atoms with Gasteiger partial charge in [-0.1, -0.05) is 6.07 Å². The van der Waals surface area contributed by atoms with Crippen molar-refractivity contribution in [3.63, 3.8) is 0 Å². The first-order valence-corrected chi connectivity index (χ1v) is 6.04. The van der Waals surface area contributed by atoms with E-state index in [1.807, 2.05) is 0 Å². The molecule has 2 rings (SSSR count). The highest BCUT2D eigenvalue weighted by atomic mass is 35.5. The molecule has 1 heterocycles. The quantitative estimate of drug-likeness (QED) is 0.870. The maximum Gasteiger partial charge on any atom is 0.254 e. The Morgan fingerprint density at radius 3 is 2.80 bits per heavy atom. The van der Waals surface area contributed by atoms with Gasteiger partial charge in [0.25, 0.3) is 5.91 Å². The van der Waals surface area contributed by atoms with Gasteiger partial charge in [-0.05, 0) is 12.1 Å². The number of hydrogen-bond acceptors (Lipinski definition) is 4. The van der Waals surface area contributed by atoms with E-state index in [4.69, 9.17) is 9.47 Å². The third-order valence-corrected chi connectivity index (χ3v) is 3.21. The highest BCUT2D eigenvalue weighted by Gasteiger charge is 2.29. The number of carbonyl (C=O) groups is 1. The van der Waals surface area contributed by atoms with Gasteiger partial charge in [0, 0.05) is 20.2 Å². The summed E-state index contributed by atoms with van der Waals surface area (Å²) in [6.07, 6.45) is -0.0994. The van der Waals surface area contributed by atoms with Gasteiger partial charge in [-0.3, -0.25) is 4.79 Å². The van der Waals surface area contributed by atoms with Crippen LogP contribution >= 0.6 is 12.4 Å². The number of rotatable bonds is 4. The van der Waals surface area contributed by atoms with E-state index in [-0.39, 0.29) is 35.9 Å². The summed E-state index contributed by atoms with van der Waals surface area (Å²) < 4.78 is 24.0. The molecule has 1 fully saturated rings. The van der Waals surface area contributed by atoms with Gasteiger partial charge in [0.1, 0.15) is 0 Å². The van der Waals surface area contributed by atoms with Crippen LogP contribution in [0.1, 0.15) is 10.4 Å². The zero-order chi connectivity index (χ0) is 13.8. The number of benzene rings is 1. The smallest absolute Gasteiger partial charge is 0.254 e. The zero-order valence-electron chi connectivity index (χ0n) is 11.3. The SMILES string of the molecule is COc1cccc(C(=O)NC2CNCC2OC)c1F.Cl. The summed E-state index contributed by atoms with van der Waals surface area (Å²) in [5, 5.41) is 5.88. The topological polar surface area (TPSA) is 59.6 Å². The lowest BCUT2D eigenvalue weighted by atomic mass is 10.1. The minimum atomic E-state index is -0.651. The van der Waals surface area contributed by atoms with Crippen molar-refractivity contribution >= 4 is 18.3 Å². The van der Waals surface area contributed by atoms with Gasteiger partial charge in [-0.15, -0.1) is 12.4 Å². The molecule has 1 aromatic carbocycles. The van der Waals surface area contributed by atoms with Crippen LogP contribution in [0.3, 0.4) is 0 Å². The van der Waals surface area contributed by atoms with Gasteiger partial charge in [0.05, 0.1) is 24.8 Å². The number of amides is 1. The highest BCUT2D eigenvalue weighted by molar-refractivity contribution is 5.95. The number of methoxy groups -OCH3 is 2. The standard InChI is InChI=1S/C13H17FN2O3.ClH/c1-18-10-5-3-4-8(12(10)14)13(17)16-9-6-15-7-11(9)19-2;/h3-5,9,11,15H,6-7H2,1-2H3,(H,16,17);1H. The van der Waals surface area contributed by atoms with Crippen LogP contribution in [0.4, 0.5) is 4.39 Å². The number of hydrogen-bond donors (Lipinski definition) is 2. The summed E-state index contributed by atoms with van der Waals surface area (Å²) in [6, 6.07) is 4.32. The normalized spacial score (nSPS) is 21.1. The molecule has 20 heavy (non-hydrogen) atoms. The van der Waals surface area contributed by atoms with E-state index < -0.39 is 11.7 Å². The molecule has 2 atom stereocenters. The second kappa shape index (κ2) is 7.42. The van der Waals surface area contributed by atoms with E-state index in [2.05, 4.69) is 10.6 Å². The Hall–Kier alpha value is -1.37. The Labute approximate surface area is 123 Å². The van der Waals surface area contributed by atoms with Crippen LogP contribution in [-0.2, 0) is 4.74 Å². The van der Waals surface area contributed by atoms with Crippen LogP contribution < -0.4 is 15.4 Å². The Balaban J connectivity index is 0.00000200. The molecule has 1 saturated heterocycles. The van der Waals surface area contributed by atoms with Gasteiger partial charge in [0.2, 0.25) is 0 Å². The van der Waals surface area contributed by atoms with Crippen molar-refractivity contribution in [3.05, 3.63) is 29.6 Å². The van der Waals surface area contributed by atoms with Gasteiger partial charge in [-0.2, -0.15) is 0 Å². The summed E-state index contributed by atoms with van der Waals surface area (Å²) in [7, 11) is 2.95. The van der Waals surface area contributed by atoms with Crippen LogP contribution in [0, 0.1) is 5.82 Å². The molecule has 0 radical (unpaired) electrons. The number of carbonyl (C=O) groups excluding carboxylic acids is 1. The third kappa shape index (κ3) is 3.39. The fourth-order valence-electron chi connectivity index (χ4n) is 2.14. The van der Waals surface area contributed by atoms with E-state index in [1.54, 1.807) is 13.2 Å². The molecule has 7 heteroatoms. The number of halogens is 2. The first-order chi connectivity index (χ1) is 9.17. The summed E-state index contributed by atoms with van der Waals surface area (Å²) in [5.74, 6) is -1.06. The van der Waals surface area contributed by atoms with E-state index in [0.717, 1.165) is 0 Å². The Morgan fingerprint density at radius 1 is 1.40 bits per heavy atom. The van der Waals surface area contributed by atoms with Crippen molar-refractivity contribution in [1.82, 2.24) is 10.6 Å². The Bertz CT molecular complexity index is 473. The van der Waals surface area contributed by atoms with Crippen LogP contribution in [0.5, 0.6) is 5.75 Å². The number of ether oxygens (including phenoxy) is 2. The lowest BCUT2D eigenvalue weighted by Crippen LogP contribution is -2.43. The molecule has 0 saturated carbocycles. The molecule has 1 aromatic rings. The van der Waals surface area contributed by atoms with Gasteiger partial charge in [0.15, 0.2) is 11.6 Å². The van der Waals surface area contributed by atoms with Gasteiger partial charge < -0.3 is 20.1 Å². The lowest BCUT2D eigenvalue weighted by molar-refractivity contribution is 0.0776. The van der Waals surface area contributed by atoms with Crippen LogP contribution in [0.2, 0.25) is 0 Å². The molecule has 112 valence electrons. The lowest BCUT2D eigenvalue weighted by Gasteiger charge is -2.18. The third-order valence-electron chi connectivity index (χ3n) is 3.21. The summed E-state index contributed by atoms with van der Waals surface area (Å²) in [6.45, 7) is 1.28. The second-order valence-electron chi connectivity index (χ2n) is 4.33. The van der Waals surface area contributed by atoms with Crippen LogP contribution in [0.15, 0.2) is 18.2 Å². The molecular formula is C13H18ClFN2O3. The Morgan fingerprint density at radius 2 is 2.15 bits per heavy atom. The van der Waals surface area contributed by atoms with Crippen molar-refractivity contribution in [2.75, 3.05) is 27.3 Å². The van der Waals surface area contributed by atoms with E-state index in [9.17, 15) is 9.18 Å².